The lowest BCUT2D eigenvalue weighted by Gasteiger charge is -2.53. The van der Waals surface area contributed by atoms with Crippen molar-refractivity contribution in [3.8, 4) is 0 Å². The first-order valence-electron chi connectivity index (χ1n) is 7.25. The minimum atomic E-state index is -1.56. The van der Waals surface area contributed by atoms with Crippen LogP contribution in [-0.2, 0) is 0 Å². The molecule has 4 nitrogen and oxygen atoms in total. The lowest BCUT2D eigenvalue weighted by molar-refractivity contribution is -0.267. The van der Waals surface area contributed by atoms with E-state index in [1.54, 1.807) is 0 Å². The number of fused-ring (bicyclic) bond motifs is 1. The Hall–Kier alpha value is -0.160. The monoisotopic (exact) mass is 258 g/mol. The fraction of sp³-hybridized carbons (Fsp3) is 1.00. The van der Waals surface area contributed by atoms with E-state index in [0.717, 1.165) is 38.5 Å². The van der Waals surface area contributed by atoms with Crippen molar-refractivity contribution in [2.45, 2.75) is 81.0 Å². The normalized spacial score (nSPS) is 46.7. The maximum absolute atomic E-state index is 11.0. The van der Waals surface area contributed by atoms with E-state index in [1.165, 1.54) is 0 Å². The molecule has 0 amide bonds. The van der Waals surface area contributed by atoms with Gasteiger partial charge in [-0.05, 0) is 25.7 Å². The molecule has 0 spiro atoms. The van der Waals surface area contributed by atoms with Gasteiger partial charge < -0.3 is 20.4 Å². The Morgan fingerprint density at radius 3 is 1.72 bits per heavy atom. The molecule has 0 aliphatic heterocycles. The number of aliphatic hydroxyl groups excluding tert-OH is 1. The molecular weight excluding hydrogens is 232 g/mol. The second-order valence-electron chi connectivity index (χ2n) is 6.20. The molecule has 4 heteroatoms. The highest BCUT2D eigenvalue weighted by molar-refractivity contribution is 5.13. The minimum absolute atomic E-state index is 0.363. The molecule has 0 aromatic heterocycles. The van der Waals surface area contributed by atoms with Gasteiger partial charge in [-0.3, -0.25) is 0 Å². The van der Waals surface area contributed by atoms with E-state index in [0.29, 0.717) is 25.7 Å². The predicted molar refractivity (Wildman–Crippen MR) is 68.1 cm³/mol. The minimum Gasteiger partial charge on any atom is -0.393 e. The average Bonchev–Trinajstić information content (AvgIpc) is 2.49. The Morgan fingerprint density at radius 1 is 0.667 bits per heavy atom. The van der Waals surface area contributed by atoms with Gasteiger partial charge in [0.05, 0.1) is 12.2 Å². The van der Waals surface area contributed by atoms with Crippen LogP contribution in [0, 0.1) is 0 Å². The summed E-state index contributed by atoms with van der Waals surface area (Å²) in [6.07, 6.45) is 7.00. The molecule has 3 atom stereocenters. The summed E-state index contributed by atoms with van der Waals surface area (Å²) < 4.78 is 0. The van der Waals surface area contributed by atoms with Crippen LogP contribution in [-0.4, -0.2) is 43.8 Å². The Labute approximate surface area is 109 Å². The molecule has 0 bridgehead atoms. The van der Waals surface area contributed by atoms with E-state index >= 15 is 0 Å². The Morgan fingerprint density at radius 2 is 1.17 bits per heavy atom. The highest BCUT2D eigenvalue weighted by Gasteiger charge is 2.61. The van der Waals surface area contributed by atoms with Crippen molar-refractivity contribution in [2.24, 2.45) is 0 Å². The van der Waals surface area contributed by atoms with Gasteiger partial charge in [0, 0.05) is 0 Å². The topological polar surface area (TPSA) is 80.9 Å². The lowest BCUT2D eigenvalue weighted by atomic mass is 9.63. The van der Waals surface area contributed by atoms with Gasteiger partial charge >= 0.3 is 0 Å². The second kappa shape index (κ2) is 5.08. The largest absolute Gasteiger partial charge is 0.393 e. The Bertz CT molecular complexity index is 296. The summed E-state index contributed by atoms with van der Waals surface area (Å²) in [4.78, 5) is 0. The van der Waals surface area contributed by atoms with Gasteiger partial charge in [0.25, 0.3) is 0 Å². The van der Waals surface area contributed by atoms with E-state index in [1.807, 2.05) is 0 Å². The molecule has 0 aromatic carbocycles. The van der Waals surface area contributed by atoms with Crippen LogP contribution in [0.25, 0.3) is 0 Å². The highest BCUT2D eigenvalue weighted by Crippen LogP contribution is 2.48. The second-order valence-corrected chi connectivity index (χ2v) is 6.20. The summed E-state index contributed by atoms with van der Waals surface area (Å²) in [6.45, 7) is -0.480. The quantitative estimate of drug-likeness (QED) is 0.568. The van der Waals surface area contributed by atoms with Gasteiger partial charge in [0.15, 0.2) is 0 Å². The first-order chi connectivity index (χ1) is 8.47. The molecule has 0 radical (unpaired) electrons. The first kappa shape index (κ1) is 14.3. The molecule has 106 valence electrons. The number of hydrogen-bond donors (Lipinski definition) is 4. The molecule has 0 aromatic rings. The van der Waals surface area contributed by atoms with Crippen LogP contribution in [0.15, 0.2) is 0 Å². The fourth-order valence-corrected chi connectivity index (χ4v) is 3.84. The molecule has 2 aliphatic rings. The highest BCUT2D eigenvalue weighted by atomic mass is 16.4. The predicted octanol–water partition coefficient (Wildman–Crippen LogP) is 1.10. The van der Waals surface area contributed by atoms with Crippen molar-refractivity contribution in [2.75, 3.05) is 6.61 Å². The summed E-state index contributed by atoms with van der Waals surface area (Å²) in [7, 11) is 0. The molecule has 4 N–H and O–H groups in total. The summed E-state index contributed by atoms with van der Waals surface area (Å²) in [5.74, 6) is 0. The average molecular weight is 258 g/mol. The number of aliphatic hydroxyl groups is 4. The van der Waals surface area contributed by atoms with Crippen LogP contribution < -0.4 is 0 Å². The molecule has 0 heterocycles. The van der Waals surface area contributed by atoms with Crippen molar-refractivity contribution in [3.63, 3.8) is 0 Å². The Balaban J connectivity index is 2.41. The van der Waals surface area contributed by atoms with Gasteiger partial charge in [-0.25, -0.2) is 0 Å². The third kappa shape index (κ3) is 2.09. The van der Waals surface area contributed by atoms with Crippen LogP contribution in [0.5, 0.6) is 0 Å². The van der Waals surface area contributed by atoms with Crippen LogP contribution >= 0.6 is 0 Å². The molecule has 0 saturated heterocycles. The van der Waals surface area contributed by atoms with Crippen LogP contribution in [0.3, 0.4) is 0 Å². The molecule has 18 heavy (non-hydrogen) atoms. The molecule has 2 fully saturated rings. The van der Waals surface area contributed by atoms with Crippen LogP contribution in [0.1, 0.15) is 64.2 Å². The molecule has 2 aliphatic carbocycles. The van der Waals surface area contributed by atoms with E-state index in [4.69, 9.17) is 0 Å². The zero-order valence-corrected chi connectivity index (χ0v) is 11.1. The standard InChI is InChI=1S/C14H26O4/c15-11-13(17)9-5-1-3-7-12(16)8-4-2-6-10-14(12,13)18/h15-18H,1-11H2/t12?,13-,14+/m1/s1. The Kier molecular flexibility index (Phi) is 4.02. The van der Waals surface area contributed by atoms with Crippen LogP contribution in [0.4, 0.5) is 0 Å². The number of hydrogen-bond acceptors (Lipinski definition) is 4. The first-order valence-corrected chi connectivity index (χ1v) is 7.25. The van der Waals surface area contributed by atoms with E-state index in [-0.39, 0.29) is 0 Å². The zero-order valence-electron chi connectivity index (χ0n) is 11.1. The molecule has 1 unspecified atom stereocenters. The molecule has 2 rings (SSSR count). The third-order valence-corrected chi connectivity index (χ3v) is 5.11. The maximum Gasteiger partial charge on any atom is 0.124 e. The zero-order chi connectivity index (χ0) is 13.3. The summed E-state index contributed by atoms with van der Waals surface area (Å²) in [6, 6.07) is 0. The SMILES string of the molecule is OC[C@]1(O)CCCCCC2(O)CCCCC[C@]21O. The smallest absolute Gasteiger partial charge is 0.124 e. The molecular formula is C14H26O4. The van der Waals surface area contributed by atoms with Gasteiger partial charge in [-0.1, -0.05) is 38.5 Å². The summed E-state index contributed by atoms with van der Waals surface area (Å²) >= 11 is 0. The van der Waals surface area contributed by atoms with Gasteiger partial charge in [-0.2, -0.15) is 0 Å². The van der Waals surface area contributed by atoms with Gasteiger partial charge in [0.1, 0.15) is 11.2 Å². The number of rotatable bonds is 1. The van der Waals surface area contributed by atoms with Crippen molar-refractivity contribution in [1.29, 1.82) is 0 Å². The maximum atomic E-state index is 11.0. The van der Waals surface area contributed by atoms with Crippen molar-refractivity contribution in [1.82, 2.24) is 0 Å². The van der Waals surface area contributed by atoms with E-state index in [2.05, 4.69) is 0 Å². The van der Waals surface area contributed by atoms with Crippen molar-refractivity contribution < 1.29 is 20.4 Å². The van der Waals surface area contributed by atoms with E-state index in [9.17, 15) is 20.4 Å². The summed E-state index contributed by atoms with van der Waals surface area (Å²) in [5.41, 5.74) is -4.38. The van der Waals surface area contributed by atoms with Crippen LogP contribution in [0.2, 0.25) is 0 Å². The third-order valence-electron chi connectivity index (χ3n) is 5.11. The van der Waals surface area contributed by atoms with Crippen molar-refractivity contribution in [3.05, 3.63) is 0 Å². The lowest BCUT2D eigenvalue weighted by Crippen LogP contribution is -2.69. The van der Waals surface area contributed by atoms with Gasteiger partial charge in [0.2, 0.25) is 0 Å². The fourth-order valence-electron chi connectivity index (χ4n) is 3.84. The van der Waals surface area contributed by atoms with Crippen molar-refractivity contribution >= 4 is 0 Å². The van der Waals surface area contributed by atoms with Gasteiger partial charge in [-0.15, -0.1) is 0 Å². The van der Waals surface area contributed by atoms with E-state index < -0.39 is 23.4 Å². The molecule has 2 saturated carbocycles. The summed E-state index contributed by atoms with van der Waals surface area (Å²) in [5, 5.41) is 42.1.